The highest BCUT2D eigenvalue weighted by atomic mass is 16.3. The minimum Gasteiger partial charge on any atom is -0.508 e. The van der Waals surface area contributed by atoms with E-state index in [9.17, 15) is 9.90 Å². The number of amides is 1. The molecule has 0 unspecified atom stereocenters. The van der Waals surface area contributed by atoms with Crippen molar-refractivity contribution in [2.75, 3.05) is 13.1 Å². The molecule has 98 valence electrons. The number of nitrogens with zero attached hydrogens (tertiary/aromatic N) is 1. The third-order valence-corrected chi connectivity index (χ3v) is 3.74. The van der Waals surface area contributed by atoms with Gasteiger partial charge in [0, 0.05) is 13.1 Å². The Morgan fingerprint density at radius 3 is 2.72 bits per heavy atom. The van der Waals surface area contributed by atoms with Crippen molar-refractivity contribution in [3.63, 3.8) is 0 Å². The zero-order chi connectivity index (χ0) is 13.3. The van der Waals surface area contributed by atoms with Crippen LogP contribution >= 0.6 is 0 Å². The SMILES string of the molecule is CC(C)C1(N)CN(C(=O)Cc2cccc(O)c2)C1. The van der Waals surface area contributed by atoms with Crippen LogP contribution in [0.2, 0.25) is 0 Å². The van der Waals surface area contributed by atoms with Crippen molar-refractivity contribution < 1.29 is 9.90 Å². The zero-order valence-electron chi connectivity index (χ0n) is 10.9. The van der Waals surface area contributed by atoms with E-state index in [-0.39, 0.29) is 17.2 Å². The first-order chi connectivity index (χ1) is 8.40. The number of rotatable bonds is 3. The van der Waals surface area contributed by atoms with Gasteiger partial charge in [0.25, 0.3) is 0 Å². The van der Waals surface area contributed by atoms with Gasteiger partial charge in [-0.2, -0.15) is 0 Å². The number of phenols is 1. The number of nitrogens with two attached hydrogens (primary N) is 1. The molecule has 4 heteroatoms. The predicted molar refractivity (Wildman–Crippen MR) is 70.1 cm³/mol. The molecule has 2 rings (SSSR count). The van der Waals surface area contributed by atoms with Crippen LogP contribution in [0.25, 0.3) is 0 Å². The molecule has 0 bridgehead atoms. The van der Waals surface area contributed by atoms with Gasteiger partial charge in [-0.3, -0.25) is 4.79 Å². The summed E-state index contributed by atoms with van der Waals surface area (Å²) in [7, 11) is 0. The smallest absolute Gasteiger partial charge is 0.227 e. The summed E-state index contributed by atoms with van der Waals surface area (Å²) in [6.45, 7) is 5.42. The lowest BCUT2D eigenvalue weighted by atomic mass is 9.80. The van der Waals surface area contributed by atoms with Crippen molar-refractivity contribution in [2.45, 2.75) is 25.8 Å². The third-order valence-electron chi connectivity index (χ3n) is 3.74. The van der Waals surface area contributed by atoms with Crippen LogP contribution < -0.4 is 5.73 Å². The number of hydrogen-bond donors (Lipinski definition) is 2. The minimum atomic E-state index is -0.228. The fourth-order valence-electron chi connectivity index (χ4n) is 2.16. The highest BCUT2D eigenvalue weighted by molar-refractivity contribution is 5.80. The molecule has 4 nitrogen and oxygen atoms in total. The number of likely N-dealkylation sites (tertiary alicyclic amines) is 1. The molecule has 3 N–H and O–H groups in total. The van der Waals surface area contributed by atoms with Gasteiger partial charge in [-0.05, 0) is 23.6 Å². The summed E-state index contributed by atoms with van der Waals surface area (Å²) in [5, 5.41) is 9.35. The molecule has 0 atom stereocenters. The van der Waals surface area contributed by atoms with Crippen LogP contribution in [0.15, 0.2) is 24.3 Å². The molecule has 18 heavy (non-hydrogen) atoms. The standard InChI is InChI=1S/C14H20N2O2/c1-10(2)14(15)8-16(9-14)13(18)7-11-4-3-5-12(17)6-11/h3-6,10,17H,7-9,15H2,1-2H3. The molecule has 0 spiro atoms. The monoisotopic (exact) mass is 248 g/mol. The first kappa shape index (κ1) is 12.9. The first-order valence-electron chi connectivity index (χ1n) is 6.25. The Hall–Kier alpha value is -1.55. The number of benzene rings is 1. The number of aromatic hydroxyl groups is 1. The molecule has 0 saturated carbocycles. The largest absolute Gasteiger partial charge is 0.508 e. The van der Waals surface area contributed by atoms with Crippen LogP contribution in [0, 0.1) is 5.92 Å². The van der Waals surface area contributed by atoms with Gasteiger partial charge in [-0.25, -0.2) is 0 Å². The van der Waals surface area contributed by atoms with E-state index in [4.69, 9.17) is 5.73 Å². The molecular weight excluding hydrogens is 228 g/mol. The van der Waals surface area contributed by atoms with Gasteiger partial charge in [0.2, 0.25) is 5.91 Å². The van der Waals surface area contributed by atoms with Crippen molar-refractivity contribution in [1.29, 1.82) is 0 Å². The molecule has 0 aliphatic carbocycles. The molecule has 1 aliphatic rings. The summed E-state index contributed by atoms with van der Waals surface area (Å²) in [5.41, 5.74) is 6.76. The van der Waals surface area contributed by atoms with Gasteiger partial charge < -0.3 is 15.7 Å². The lowest BCUT2D eigenvalue weighted by Crippen LogP contribution is -2.71. The third kappa shape index (κ3) is 2.48. The fourth-order valence-corrected chi connectivity index (χ4v) is 2.16. The maximum absolute atomic E-state index is 12.0. The summed E-state index contributed by atoms with van der Waals surface area (Å²) in [6.07, 6.45) is 0.322. The molecule has 0 radical (unpaired) electrons. The van der Waals surface area contributed by atoms with E-state index in [1.807, 2.05) is 6.07 Å². The van der Waals surface area contributed by atoms with Crippen LogP contribution in [-0.2, 0) is 11.2 Å². The van der Waals surface area contributed by atoms with Gasteiger partial charge in [0.1, 0.15) is 5.75 Å². The Bertz CT molecular complexity index is 451. The van der Waals surface area contributed by atoms with Crippen LogP contribution in [0.4, 0.5) is 0 Å². The van der Waals surface area contributed by atoms with E-state index in [1.54, 1.807) is 23.1 Å². The van der Waals surface area contributed by atoms with Gasteiger partial charge in [0.05, 0.1) is 12.0 Å². The molecule has 1 fully saturated rings. The number of phenolic OH excluding ortho intramolecular Hbond substituents is 1. The van der Waals surface area contributed by atoms with Crippen LogP contribution in [0.1, 0.15) is 19.4 Å². The summed E-state index contributed by atoms with van der Waals surface area (Å²) >= 11 is 0. The normalized spacial score (nSPS) is 17.7. The lowest BCUT2D eigenvalue weighted by molar-refractivity contribution is -0.139. The molecule has 1 saturated heterocycles. The Morgan fingerprint density at radius 1 is 1.50 bits per heavy atom. The molecule has 1 amide bonds. The minimum absolute atomic E-state index is 0.0716. The van der Waals surface area contributed by atoms with Crippen molar-refractivity contribution in [3.8, 4) is 5.75 Å². The van der Waals surface area contributed by atoms with E-state index < -0.39 is 0 Å². The second kappa shape index (κ2) is 4.61. The van der Waals surface area contributed by atoms with Gasteiger partial charge in [-0.15, -0.1) is 0 Å². The van der Waals surface area contributed by atoms with Crippen LogP contribution in [0.5, 0.6) is 5.75 Å². The molecule has 1 aromatic rings. The van der Waals surface area contributed by atoms with Crippen LogP contribution in [-0.4, -0.2) is 34.5 Å². The number of hydrogen-bond acceptors (Lipinski definition) is 3. The fraction of sp³-hybridized carbons (Fsp3) is 0.500. The molecule has 1 heterocycles. The van der Waals surface area contributed by atoms with Crippen molar-refractivity contribution in [2.24, 2.45) is 11.7 Å². The quantitative estimate of drug-likeness (QED) is 0.842. The number of carbonyl (C=O) groups is 1. The lowest BCUT2D eigenvalue weighted by Gasteiger charge is -2.50. The first-order valence-corrected chi connectivity index (χ1v) is 6.25. The van der Waals surface area contributed by atoms with Crippen molar-refractivity contribution in [1.82, 2.24) is 4.90 Å². The summed E-state index contributed by atoms with van der Waals surface area (Å²) in [5.74, 6) is 0.643. The molecule has 1 aliphatic heterocycles. The second-order valence-electron chi connectivity index (χ2n) is 5.48. The second-order valence-corrected chi connectivity index (χ2v) is 5.48. The number of carbonyl (C=O) groups excluding carboxylic acids is 1. The molecule has 0 aromatic heterocycles. The topological polar surface area (TPSA) is 66.6 Å². The highest BCUT2D eigenvalue weighted by Gasteiger charge is 2.43. The summed E-state index contributed by atoms with van der Waals surface area (Å²) in [4.78, 5) is 13.8. The van der Waals surface area contributed by atoms with Gasteiger partial charge in [-0.1, -0.05) is 26.0 Å². The molecule has 1 aromatic carbocycles. The average Bonchev–Trinajstić information content (AvgIpc) is 2.24. The van der Waals surface area contributed by atoms with Gasteiger partial charge >= 0.3 is 0 Å². The van der Waals surface area contributed by atoms with E-state index in [2.05, 4.69) is 13.8 Å². The average molecular weight is 248 g/mol. The highest BCUT2D eigenvalue weighted by Crippen LogP contribution is 2.26. The Labute approximate surface area is 107 Å². The predicted octanol–water partition coefficient (Wildman–Crippen LogP) is 1.13. The Balaban J connectivity index is 1.92. The van der Waals surface area contributed by atoms with Crippen LogP contribution in [0.3, 0.4) is 0 Å². The van der Waals surface area contributed by atoms with E-state index in [1.165, 1.54) is 0 Å². The maximum atomic E-state index is 12.0. The maximum Gasteiger partial charge on any atom is 0.227 e. The van der Waals surface area contributed by atoms with E-state index in [0.717, 1.165) is 5.56 Å². The van der Waals surface area contributed by atoms with Gasteiger partial charge in [0.15, 0.2) is 0 Å². The Morgan fingerprint density at radius 2 is 2.17 bits per heavy atom. The van der Waals surface area contributed by atoms with E-state index >= 15 is 0 Å². The Kier molecular flexibility index (Phi) is 3.30. The summed E-state index contributed by atoms with van der Waals surface area (Å²) in [6, 6.07) is 6.81. The van der Waals surface area contributed by atoms with E-state index in [0.29, 0.717) is 25.4 Å². The molecular formula is C14H20N2O2. The zero-order valence-corrected chi connectivity index (χ0v) is 10.9. The van der Waals surface area contributed by atoms with Crippen molar-refractivity contribution in [3.05, 3.63) is 29.8 Å². The van der Waals surface area contributed by atoms with Crippen molar-refractivity contribution >= 4 is 5.91 Å². The summed E-state index contributed by atoms with van der Waals surface area (Å²) < 4.78 is 0.